The Bertz CT molecular complexity index is 1050. The maximum Gasteiger partial charge on any atom is 0.249 e. The maximum absolute atomic E-state index is 13.3. The minimum absolute atomic E-state index is 0.0297. The van der Waals surface area contributed by atoms with E-state index in [1.165, 1.54) is 12.1 Å². The molecule has 0 spiro atoms. The molecule has 1 aliphatic heterocycles. The molecule has 1 aromatic carbocycles. The summed E-state index contributed by atoms with van der Waals surface area (Å²) in [7, 11) is 1.74. The van der Waals surface area contributed by atoms with Crippen molar-refractivity contribution >= 4 is 17.4 Å². The standard InChI is InChI=1S/C21H22FN5O2/c1-5-16-21(28)26(4)17-11-23-19(25-20(17)27(16)12(2)3)15-10-24-29-18(15)13-6-8-14(22)9-7-13/h6-12,16H,5H2,1-4H3. The third-order valence-electron chi connectivity index (χ3n) is 5.17. The van der Waals surface area contributed by atoms with Crippen LogP contribution in [0.2, 0.25) is 0 Å². The summed E-state index contributed by atoms with van der Waals surface area (Å²) in [4.78, 5) is 25.7. The molecule has 0 bridgehead atoms. The number of aromatic nitrogens is 3. The smallest absolute Gasteiger partial charge is 0.249 e. The molecular weight excluding hydrogens is 373 g/mol. The molecule has 29 heavy (non-hydrogen) atoms. The molecule has 1 aliphatic rings. The van der Waals surface area contributed by atoms with E-state index in [-0.39, 0.29) is 23.8 Å². The summed E-state index contributed by atoms with van der Waals surface area (Å²) in [5, 5.41) is 3.89. The van der Waals surface area contributed by atoms with Crippen molar-refractivity contribution in [1.29, 1.82) is 0 Å². The second kappa shape index (κ2) is 7.27. The van der Waals surface area contributed by atoms with Crippen molar-refractivity contribution in [2.75, 3.05) is 16.8 Å². The molecule has 1 atom stereocenters. The van der Waals surface area contributed by atoms with Crippen LogP contribution in [0, 0.1) is 5.82 Å². The molecule has 0 radical (unpaired) electrons. The molecule has 4 rings (SSSR count). The molecule has 0 saturated carbocycles. The fourth-order valence-corrected chi connectivity index (χ4v) is 3.72. The van der Waals surface area contributed by atoms with Gasteiger partial charge in [0.1, 0.15) is 17.5 Å². The topological polar surface area (TPSA) is 75.4 Å². The second-order valence-corrected chi connectivity index (χ2v) is 7.30. The van der Waals surface area contributed by atoms with E-state index in [1.54, 1.807) is 36.5 Å². The summed E-state index contributed by atoms with van der Waals surface area (Å²) in [6.45, 7) is 6.07. The SMILES string of the molecule is CCC1C(=O)N(C)c2cnc(-c3cnoc3-c3ccc(F)cc3)nc2N1C(C)C. The van der Waals surface area contributed by atoms with Gasteiger partial charge in [0, 0.05) is 18.7 Å². The van der Waals surface area contributed by atoms with Gasteiger partial charge in [-0.05, 0) is 44.5 Å². The zero-order valence-electron chi connectivity index (χ0n) is 16.8. The van der Waals surface area contributed by atoms with Gasteiger partial charge in [-0.2, -0.15) is 0 Å². The van der Waals surface area contributed by atoms with Crippen LogP contribution >= 0.6 is 0 Å². The lowest BCUT2D eigenvalue weighted by Gasteiger charge is -2.42. The van der Waals surface area contributed by atoms with Gasteiger partial charge in [0.05, 0.1) is 18.0 Å². The molecule has 7 nitrogen and oxygen atoms in total. The van der Waals surface area contributed by atoms with Crippen LogP contribution < -0.4 is 9.80 Å². The number of carbonyl (C=O) groups excluding carboxylic acids is 1. The molecule has 3 heterocycles. The number of benzene rings is 1. The Morgan fingerprint density at radius 2 is 1.93 bits per heavy atom. The van der Waals surface area contributed by atoms with E-state index in [2.05, 4.69) is 10.1 Å². The molecule has 1 unspecified atom stereocenters. The number of carbonyl (C=O) groups is 1. The van der Waals surface area contributed by atoms with Crippen molar-refractivity contribution in [3.05, 3.63) is 42.5 Å². The fourth-order valence-electron chi connectivity index (χ4n) is 3.72. The van der Waals surface area contributed by atoms with Crippen LogP contribution in [0.25, 0.3) is 22.7 Å². The lowest BCUT2D eigenvalue weighted by atomic mass is 10.0. The van der Waals surface area contributed by atoms with Crippen LogP contribution in [0.4, 0.5) is 15.9 Å². The van der Waals surface area contributed by atoms with Crippen LogP contribution in [0.3, 0.4) is 0 Å². The lowest BCUT2D eigenvalue weighted by molar-refractivity contribution is -0.120. The van der Waals surface area contributed by atoms with E-state index in [1.807, 2.05) is 25.7 Å². The van der Waals surface area contributed by atoms with Gasteiger partial charge in [-0.15, -0.1) is 0 Å². The molecule has 2 aromatic heterocycles. The number of rotatable bonds is 4. The Morgan fingerprint density at radius 3 is 2.59 bits per heavy atom. The van der Waals surface area contributed by atoms with Gasteiger partial charge < -0.3 is 14.3 Å². The molecule has 0 N–H and O–H groups in total. The van der Waals surface area contributed by atoms with Crippen molar-refractivity contribution in [3.63, 3.8) is 0 Å². The zero-order chi connectivity index (χ0) is 20.7. The van der Waals surface area contributed by atoms with Crippen molar-refractivity contribution in [1.82, 2.24) is 15.1 Å². The van der Waals surface area contributed by atoms with Crippen molar-refractivity contribution in [3.8, 4) is 22.7 Å². The van der Waals surface area contributed by atoms with Gasteiger partial charge in [0.25, 0.3) is 0 Å². The molecule has 0 saturated heterocycles. The highest BCUT2D eigenvalue weighted by molar-refractivity contribution is 6.04. The van der Waals surface area contributed by atoms with Crippen LogP contribution in [-0.4, -0.2) is 40.2 Å². The highest BCUT2D eigenvalue weighted by Gasteiger charge is 2.38. The molecule has 8 heteroatoms. The summed E-state index contributed by atoms with van der Waals surface area (Å²) in [6.07, 6.45) is 3.88. The van der Waals surface area contributed by atoms with E-state index < -0.39 is 0 Å². The Kier molecular flexibility index (Phi) is 4.77. The van der Waals surface area contributed by atoms with E-state index in [0.717, 1.165) is 0 Å². The lowest BCUT2D eigenvalue weighted by Crippen LogP contribution is -2.54. The zero-order valence-corrected chi connectivity index (χ0v) is 16.8. The van der Waals surface area contributed by atoms with Crippen molar-refractivity contribution in [2.45, 2.75) is 39.3 Å². The number of anilines is 2. The first-order chi connectivity index (χ1) is 13.9. The van der Waals surface area contributed by atoms with E-state index in [9.17, 15) is 9.18 Å². The summed E-state index contributed by atoms with van der Waals surface area (Å²) in [6, 6.07) is 5.77. The monoisotopic (exact) mass is 395 g/mol. The predicted octanol–water partition coefficient (Wildman–Crippen LogP) is 3.91. The van der Waals surface area contributed by atoms with Crippen LogP contribution in [-0.2, 0) is 4.79 Å². The Morgan fingerprint density at radius 1 is 1.21 bits per heavy atom. The van der Waals surface area contributed by atoms with Gasteiger partial charge in [0.15, 0.2) is 17.4 Å². The van der Waals surface area contributed by atoms with Gasteiger partial charge >= 0.3 is 0 Å². The number of nitrogens with zero attached hydrogens (tertiary/aromatic N) is 5. The highest BCUT2D eigenvalue weighted by atomic mass is 19.1. The van der Waals surface area contributed by atoms with Crippen LogP contribution in [0.1, 0.15) is 27.2 Å². The Balaban J connectivity index is 1.84. The summed E-state index contributed by atoms with van der Waals surface area (Å²) in [5.74, 6) is 1.30. The average Bonchev–Trinajstić information content (AvgIpc) is 3.20. The number of likely N-dealkylation sites (N-methyl/N-ethyl adjacent to an activating group) is 1. The molecule has 1 amide bonds. The maximum atomic E-state index is 13.3. The molecule has 0 fully saturated rings. The summed E-state index contributed by atoms with van der Waals surface area (Å²) < 4.78 is 18.7. The highest BCUT2D eigenvalue weighted by Crippen LogP contribution is 2.38. The van der Waals surface area contributed by atoms with E-state index >= 15 is 0 Å². The number of fused-ring (bicyclic) bond motifs is 1. The molecule has 150 valence electrons. The average molecular weight is 395 g/mol. The molecular formula is C21H22FN5O2. The Labute approximate surface area is 168 Å². The first kappa shape index (κ1) is 19.0. The van der Waals surface area contributed by atoms with Gasteiger partial charge in [-0.1, -0.05) is 12.1 Å². The van der Waals surface area contributed by atoms with Crippen LogP contribution in [0.15, 0.2) is 41.2 Å². The molecule has 3 aromatic rings. The van der Waals surface area contributed by atoms with E-state index in [4.69, 9.17) is 9.51 Å². The van der Waals surface area contributed by atoms with Gasteiger partial charge in [-0.3, -0.25) is 4.79 Å². The number of halogens is 1. The molecule has 0 aliphatic carbocycles. The summed E-state index contributed by atoms with van der Waals surface area (Å²) >= 11 is 0. The quantitative estimate of drug-likeness (QED) is 0.667. The number of hydrogen-bond donors (Lipinski definition) is 0. The minimum Gasteiger partial charge on any atom is -0.356 e. The van der Waals surface area contributed by atoms with E-state index in [0.29, 0.717) is 40.6 Å². The third-order valence-corrected chi connectivity index (χ3v) is 5.17. The minimum atomic E-state index is -0.328. The number of amides is 1. The predicted molar refractivity (Wildman–Crippen MR) is 108 cm³/mol. The van der Waals surface area contributed by atoms with Gasteiger partial charge in [-0.25, -0.2) is 14.4 Å². The largest absolute Gasteiger partial charge is 0.356 e. The first-order valence-corrected chi connectivity index (χ1v) is 9.56. The van der Waals surface area contributed by atoms with Crippen molar-refractivity contribution < 1.29 is 13.7 Å². The van der Waals surface area contributed by atoms with Crippen molar-refractivity contribution in [2.24, 2.45) is 0 Å². The third kappa shape index (κ3) is 3.14. The first-order valence-electron chi connectivity index (χ1n) is 9.56. The second-order valence-electron chi connectivity index (χ2n) is 7.30. The summed E-state index contributed by atoms with van der Waals surface area (Å²) in [5.41, 5.74) is 1.95. The Hall–Kier alpha value is -3.29. The van der Waals surface area contributed by atoms with Crippen LogP contribution in [0.5, 0.6) is 0 Å². The number of hydrogen-bond acceptors (Lipinski definition) is 6. The fraction of sp³-hybridized carbons (Fsp3) is 0.333. The normalized spacial score (nSPS) is 16.5. The van der Waals surface area contributed by atoms with Gasteiger partial charge in [0.2, 0.25) is 5.91 Å².